The van der Waals surface area contributed by atoms with Crippen LogP contribution in [0.1, 0.15) is 40.9 Å². The summed E-state index contributed by atoms with van der Waals surface area (Å²) in [6, 6.07) is 8.15. The van der Waals surface area contributed by atoms with E-state index in [-0.39, 0.29) is 24.8 Å². The molecule has 0 radical (unpaired) electrons. The molecule has 2 aromatic rings. The van der Waals surface area contributed by atoms with Crippen molar-refractivity contribution in [2.45, 2.75) is 52.5 Å². The molecule has 6 nitrogen and oxygen atoms in total. The van der Waals surface area contributed by atoms with E-state index in [0.29, 0.717) is 0 Å². The predicted molar refractivity (Wildman–Crippen MR) is 94.8 cm³/mol. The van der Waals surface area contributed by atoms with Crippen LogP contribution in [-0.4, -0.2) is 21.6 Å². The van der Waals surface area contributed by atoms with E-state index in [1.165, 1.54) is 24.0 Å². The molecule has 2 N–H and O–H groups in total. The maximum atomic E-state index is 12.1. The molecule has 0 unspecified atom stereocenters. The van der Waals surface area contributed by atoms with Gasteiger partial charge >= 0.3 is 0 Å². The molecule has 0 saturated carbocycles. The van der Waals surface area contributed by atoms with Crippen LogP contribution in [0.25, 0.3) is 0 Å². The average Bonchev–Trinajstić information content (AvgIpc) is 2.90. The standard InChI is InChI=1S/C19H24N4O2/c1-13-9-14(2)23(22-13)12-19(25)21-20-18(24)11-15-7-8-16-5-3-4-6-17(16)10-15/h7-10H,3-6,11-12H2,1-2H3,(H,20,24)(H,21,25). The van der Waals surface area contributed by atoms with E-state index in [1.54, 1.807) is 4.68 Å². The van der Waals surface area contributed by atoms with Crippen molar-refractivity contribution in [1.29, 1.82) is 0 Å². The number of fused-ring (bicyclic) bond motifs is 1. The molecule has 0 saturated heterocycles. The van der Waals surface area contributed by atoms with Gasteiger partial charge in [0.15, 0.2) is 0 Å². The van der Waals surface area contributed by atoms with Gasteiger partial charge in [-0.05, 0) is 62.3 Å². The minimum Gasteiger partial charge on any atom is -0.273 e. The van der Waals surface area contributed by atoms with E-state index in [4.69, 9.17) is 0 Å². The highest BCUT2D eigenvalue weighted by Crippen LogP contribution is 2.22. The fraction of sp³-hybridized carbons (Fsp3) is 0.421. The van der Waals surface area contributed by atoms with Crippen LogP contribution in [0.3, 0.4) is 0 Å². The number of aromatic nitrogens is 2. The summed E-state index contributed by atoms with van der Waals surface area (Å²) in [6.45, 7) is 3.85. The molecule has 1 aromatic carbocycles. The lowest BCUT2D eigenvalue weighted by molar-refractivity contribution is -0.129. The summed E-state index contributed by atoms with van der Waals surface area (Å²) in [5.41, 5.74) is 10.4. The van der Waals surface area contributed by atoms with Crippen LogP contribution in [0.4, 0.5) is 0 Å². The molecule has 1 aromatic heterocycles. The third-order valence-electron chi connectivity index (χ3n) is 4.52. The molecule has 132 valence electrons. The lowest BCUT2D eigenvalue weighted by atomic mass is 9.90. The van der Waals surface area contributed by atoms with Gasteiger partial charge in [-0.15, -0.1) is 0 Å². The van der Waals surface area contributed by atoms with Crippen molar-refractivity contribution >= 4 is 11.8 Å². The highest BCUT2D eigenvalue weighted by molar-refractivity contribution is 5.83. The molecule has 0 spiro atoms. The average molecular weight is 340 g/mol. The van der Waals surface area contributed by atoms with Gasteiger partial charge in [-0.1, -0.05) is 18.2 Å². The van der Waals surface area contributed by atoms with Crippen LogP contribution >= 0.6 is 0 Å². The van der Waals surface area contributed by atoms with Crippen LogP contribution in [-0.2, 0) is 35.4 Å². The molecule has 0 atom stereocenters. The SMILES string of the molecule is Cc1cc(C)n(CC(=O)NNC(=O)Cc2ccc3c(c2)CCCC3)n1. The first-order valence-corrected chi connectivity index (χ1v) is 8.70. The predicted octanol–water partition coefficient (Wildman–Crippen LogP) is 1.77. The number of nitrogens with one attached hydrogen (secondary N) is 2. The second-order valence-corrected chi connectivity index (χ2v) is 6.67. The lowest BCUT2D eigenvalue weighted by Gasteiger charge is -2.16. The van der Waals surface area contributed by atoms with Crippen molar-refractivity contribution in [3.8, 4) is 0 Å². The van der Waals surface area contributed by atoms with E-state index in [1.807, 2.05) is 26.0 Å². The van der Waals surface area contributed by atoms with E-state index in [0.717, 1.165) is 29.8 Å². The maximum Gasteiger partial charge on any atom is 0.260 e. The molecular weight excluding hydrogens is 316 g/mol. The van der Waals surface area contributed by atoms with Crippen LogP contribution < -0.4 is 10.9 Å². The van der Waals surface area contributed by atoms with Gasteiger partial charge in [0.1, 0.15) is 6.54 Å². The van der Waals surface area contributed by atoms with Gasteiger partial charge in [-0.25, -0.2) is 0 Å². The van der Waals surface area contributed by atoms with Gasteiger partial charge in [0.25, 0.3) is 5.91 Å². The number of hydrazine groups is 1. The Hall–Kier alpha value is -2.63. The second kappa shape index (κ2) is 7.51. The van der Waals surface area contributed by atoms with Gasteiger partial charge in [0, 0.05) is 5.69 Å². The molecule has 6 heteroatoms. The Labute approximate surface area is 147 Å². The highest BCUT2D eigenvalue weighted by atomic mass is 16.2. The molecule has 0 fully saturated rings. The monoisotopic (exact) mass is 340 g/mol. The van der Waals surface area contributed by atoms with Crippen molar-refractivity contribution in [1.82, 2.24) is 20.6 Å². The number of carbonyl (C=O) groups is 2. The lowest BCUT2D eigenvalue weighted by Crippen LogP contribution is -2.44. The van der Waals surface area contributed by atoms with Crippen LogP contribution in [0.5, 0.6) is 0 Å². The number of amides is 2. The molecule has 3 rings (SSSR count). The zero-order valence-electron chi connectivity index (χ0n) is 14.8. The summed E-state index contributed by atoms with van der Waals surface area (Å²) in [4.78, 5) is 24.0. The van der Waals surface area contributed by atoms with Crippen molar-refractivity contribution in [3.63, 3.8) is 0 Å². The fourth-order valence-corrected chi connectivity index (χ4v) is 3.28. The van der Waals surface area contributed by atoms with Crippen LogP contribution in [0.15, 0.2) is 24.3 Å². The largest absolute Gasteiger partial charge is 0.273 e. The summed E-state index contributed by atoms with van der Waals surface area (Å²) in [5, 5.41) is 4.23. The molecule has 2 amide bonds. The quantitative estimate of drug-likeness (QED) is 0.833. The normalized spacial score (nSPS) is 13.2. The summed E-state index contributed by atoms with van der Waals surface area (Å²) in [7, 11) is 0. The number of benzene rings is 1. The Morgan fingerprint density at radius 3 is 2.48 bits per heavy atom. The van der Waals surface area contributed by atoms with Crippen molar-refractivity contribution in [3.05, 3.63) is 52.3 Å². The summed E-state index contributed by atoms with van der Waals surface area (Å²) in [6.07, 6.45) is 4.93. The third-order valence-corrected chi connectivity index (χ3v) is 4.52. The van der Waals surface area contributed by atoms with Crippen LogP contribution in [0, 0.1) is 13.8 Å². The fourth-order valence-electron chi connectivity index (χ4n) is 3.28. The molecule has 1 heterocycles. The minimum absolute atomic E-state index is 0.0821. The number of hydrogen-bond acceptors (Lipinski definition) is 3. The zero-order chi connectivity index (χ0) is 17.8. The Morgan fingerprint density at radius 1 is 1.04 bits per heavy atom. The number of rotatable bonds is 4. The summed E-state index contributed by atoms with van der Waals surface area (Å²) >= 11 is 0. The van der Waals surface area contributed by atoms with Gasteiger partial charge < -0.3 is 0 Å². The molecule has 0 aliphatic heterocycles. The Kier molecular flexibility index (Phi) is 5.16. The van der Waals surface area contributed by atoms with Crippen LogP contribution in [0.2, 0.25) is 0 Å². The molecule has 1 aliphatic rings. The molecule has 1 aliphatic carbocycles. The second-order valence-electron chi connectivity index (χ2n) is 6.67. The molecule has 25 heavy (non-hydrogen) atoms. The van der Waals surface area contributed by atoms with Crippen molar-refractivity contribution in [2.24, 2.45) is 0 Å². The smallest absolute Gasteiger partial charge is 0.260 e. The zero-order valence-corrected chi connectivity index (χ0v) is 14.8. The Balaban J connectivity index is 1.49. The summed E-state index contributed by atoms with van der Waals surface area (Å²) in [5.74, 6) is -0.525. The number of aryl methyl sites for hydroxylation is 4. The maximum absolute atomic E-state index is 12.1. The van der Waals surface area contributed by atoms with Gasteiger partial charge in [0.2, 0.25) is 5.91 Å². The Bertz CT molecular complexity index is 795. The number of carbonyl (C=O) groups excluding carboxylic acids is 2. The van der Waals surface area contributed by atoms with Gasteiger partial charge in [-0.3, -0.25) is 25.1 Å². The first-order valence-electron chi connectivity index (χ1n) is 8.70. The molecule has 0 bridgehead atoms. The van der Waals surface area contributed by atoms with E-state index >= 15 is 0 Å². The van der Waals surface area contributed by atoms with Crippen molar-refractivity contribution < 1.29 is 9.59 Å². The van der Waals surface area contributed by atoms with E-state index in [2.05, 4.69) is 28.1 Å². The van der Waals surface area contributed by atoms with E-state index < -0.39 is 0 Å². The molecular formula is C19H24N4O2. The first kappa shape index (κ1) is 17.2. The number of nitrogens with zero attached hydrogens (tertiary/aromatic N) is 2. The third kappa shape index (κ3) is 4.47. The Morgan fingerprint density at radius 2 is 1.76 bits per heavy atom. The minimum atomic E-state index is -0.301. The van der Waals surface area contributed by atoms with Gasteiger partial charge in [0.05, 0.1) is 12.1 Å². The number of hydrogen-bond donors (Lipinski definition) is 2. The van der Waals surface area contributed by atoms with E-state index in [9.17, 15) is 9.59 Å². The summed E-state index contributed by atoms with van der Waals surface area (Å²) < 4.78 is 1.61. The van der Waals surface area contributed by atoms with Crippen molar-refractivity contribution in [2.75, 3.05) is 0 Å². The highest BCUT2D eigenvalue weighted by Gasteiger charge is 2.12. The first-order chi connectivity index (χ1) is 12.0. The topological polar surface area (TPSA) is 76.0 Å². The van der Waals surface area contributed by atoms with Gasteiger partial charge in [-0.2, -0.15) is 5.10 Å².